The summed E-state index contributed by atoms with van der Waals surface area (Å²) in [6, 6.07) is 47.0. The van der Waals surface area contributed by atoms with E-state index in [1.54, 1.807) is 0 Å². The molecule has 1 aliphatic carbocycles. The highest BCUT2D eigenvalue weighted by Crippen LogP contribution is 2.45. The molecule has 51 heavy (non-hydrogen) atoms. The monoisotopic (exact) mass is 669 g/mol. The third-order valence-electron chi connectivity index (χ3n) is 11.3. The van der Waals surface area contributed by atoms with E-state index < -0.39 is 0 Å². The van der Waals surface area contributed by atoms with Crippen molar-refractivity contribution >= 4 is 12.6 Å². The van der Waals surface area contributed by atoms with Crippen molar-refractivity contribution in [3.8, 4) is 45.3 Å². The van der Waals surface area contributed by atoms with E-state index in [1.807, 2.05) is 24.3 Å². The van der Waals surface area contributed by atoms with Crippen LogP contribution in [0.2, 0.25) is 0 Å². The topological polar surface area (TPSA) is 57.1 Å². The van der Waals surface area contributed by atoms with Gasteiger partial charge >= 0.3 is 7.12 Å². The summed E-state index contributed by atoms with van der Waals surface area (Å²) in [7, 11) is -0.363. The molecule has 0 radical (unpaired) electrons. The molecule has 1 saturated carbocycles. The highest BCUT2D eigenvalue weighted by molar-refractivity contribution is 6.62. The Labute approximate surface area is 302 Å². The minimum absolute atomic E-state index is 0.0530. The molecule has 1 aliphatic heterocycles. The van der Waals surface area contributed by atoms with Gasteiger partial charge in [-0.2, -0.15) is 0 Å². The van der Waals surface area contributed by atoms with Gasteiger partial charge in [-0.1, -0.05) is 147 Å². The molecule has 1 aromatic heterocycles. The number of hydrogen-bond donors (Lipinski definition) is 0. The van der Waals surface area contributed by atoms with Crippen LogP contribution in [-0.4, -0.2) is 33.3 Å². The first-order valence-corrected chi connectivity index (χ1v) is 18.3. The van der Waals surface area contributed by atoms with Crippen LogP contribution in [-0.2, 0) is 14.7 Å². The van der Waals surface area contributed by atoms with Gasteiger partial charge in [-0.05, 0) is 74.3 Å². The Kier molecular flexibility index (Phi) is 8.69. The van der Waals surface area contributed by atoms with Crippen LogP contribution in [0.1, 0.15) is 70.9 Å². The lowest BCUT2D eigenvalue weighted by Crippen LogP contribution is -2.41. The molecule has 0 amide bonds. The van der Waals surface area contributed by atoms with Gasteiger partial charge < -0.3 is 9.31 Å². The normalized spacial score (nSPS) is 17.7. The van der Waals surface area contributed by atoms with E-state index in [-0.39, 0.29) is 23.7 Å². The summed E-state index contributed by atoms with van der Waals surface area (Å²) in [5, 5.41) is 0. The zero-order chi connectivity index (χ0) is 35.1. The molecule has 0 atom stereocenters. The third-order valence-corrected chi connectivity index (χ3v) is 11.3. The predicted molar refractivity (Wildman–Crippen MR) is 208 cm³/mol. The van der Waals surface area contributed by atoms with E-state index in [2.05, 4.69) is 137 Å². The average molecular weight is 670 g/mol. The highest BCUT2D eigenvalue weighted by atomic mass is 16.7. The van der Waals surface area contributed by atoms with Crippen molar-refractivity contribution in [3.63, 3.8) is 0 Å². The molecule has 6 aromatic rings. The van der Waals surface area contributed by atoms with Crippen molar-refractivity contribution < 1.29 is 9.31 Å². The molecule has 0 unspecified atom stereocenters. The lowest BCUT2D eigenvalue weighted by Gasteiger charge is -2.39. The van der Waals surface area contributed by atoms with Crippen molar-refractivity contribution in [1.82, 2.24) is 15.0 Å². The molecule has 6 heteroatoms. The van der Waals surface area contributed by atoms with Gasteiger partial charge in [-0.15, -0.1) is 0 Å². The van der Waals surface area contributed by atoms with Gasteiger partial charge in [0, 0.05) is 22.1 Å². The Bertz CT molecular complexity index is 2110. The van der Waals surface area contributed by atoms with E-state index in [1.165, 1.54) is 30.4 Å². The number of nitrogens with zero attached hydrogens (tertiary/aromatic N) is 3. The molecule has 8 rings (SSSR count). The Balaban J connectivity index is 1.14. The molecule has 1 saturated heterocycles. The first-order valence-electron chi connectivity index (χ1n) is 18.3. The Morgan fingerprint density at radius 1 is 0.451 bits per heavy atom. The summed E-state index contributed by atoms with van der Waals surface area (Å²) in [5.74, 6) is 1.99. The lowest BCUT2D eigenvalue weighted by molar-refractivity contribution is 0.00578. The molecule has 0 spiro atoms. The predicted octanol–water partition coefficient (Wildman–Crippen LogP) is 10.1. The quantitative estimate of drug-likeness (QED) is 0.158. The smallest absolute Gasteiger partial charge is 0.399 e. The zero-order valence-electron chi connectivity index (χ0n) is 30.0. The Hall–Kier alpha value is -4.91. The van der Waals surface area contributed by atoms with Crippen LogP contribution in [0.25, 0.3) is 45.3 Å². The fourth-order valence-electron chi connectivity index (χ4n) is 7.60. The molecule has 0 bridgehead atoms. The summed E-state index contributed by atoms with van der Waals surface area (Å²) >= 11 is 0. The number of hydrogen-bond acceptors (Lipinski definition) is 5. The lowest BCUT2D eigenvalue weighted by atomic mass is 9.64. The molecule has 254 valence electrons. The van der Waals surface area contributed by atoms with Crippen LogP contribution in [0.5, 0.6) is 0 Å². The van der Waals surface area contributed by atoms with Crippen molar-refractivity contribution in [2.24, 2.45) is 0 Å². The van der Waals surface area contributed by atoms with Crippen LogP contribution < -0.4 is 5.46 Å². The number of benzene rings is 5. The molecule has 2 heterocycles. The molecule has 2 fully saturated rings. The van der Waals surface area contributed by atoms with Gasteiger partial charge in [-0.25, -0.2) is 15.0 Å². The van der Waals surface area contributed by atoms with Crippen molar-refractivity contribution in [3.05, 3.63) is 145 Å². The number of aromatic nitrogens is 3. The minimum atomic E-state index is -0.365. The van der Waals surface area contributed by atoms with Crippen molar-refractivity contribution in [1.29, 1.82) is 0 Å². The summed E-state index contributed by atoms with van der Waals surface area (Å²) in [6.07, 6.45) is 5.93. The van der Waals surface area contributed by atoms with Crippen LogP contribution in [0.4, 0.5) is 0 Å². The fourth-order valence-corrected chi connectivity index (χ4v) is 7.60. The fraction of sp³-hybridized carbons (Fsp3) is 0.267. The second-order valence-electron chi connectivity index (χ2n) is 15.0. The highest BCUT2D eigenvalue weighted by Gasteiger charge is 2.51. The maximum atomic E-state index is 6.36. The van der Waals surface area contributed by atoms with Gasteiger partial charge in [0.1, 0.15) is 0 Å². The number of rotatable bonds is 7. The van der Waals surface area contributed by atoms with Crippen LogP contribution in [0, 0.1) is 0 Å². The zero-order valence-corrected chi connectivity index (χ0v) is 30.0. The van der Waals surface area contributed by atoms with E-state index in [0.29, 0.717) is 17.5 Å². The van der Waals surface area contributed by atoms with Gasteiger partial charge in [-0.3, -0.25) is 0 Å². The third kappa shape index (κ3) is 6.43. The van der Waals surface area contributed by atoms with E-state index in [9.17, 15) is 0 Å². The van der Waals surface area contributed by atoms with Crippen LogP contribution >= 0.6 is 0 Å². The second kappa shape index (κ2) is 13.3. The van der Waals surface area contributed by atoms with Crippen molar-refractivity contribution in [2.75, 3.05) is 0 Å². The summed E-state index contributed by atoms with van der Waals surface area (Å²) in [5.41, 5.74) is 8.14. The molecular formula is C45H44BN3O2. The Morgan fingerprint density at radius 3 is 1.47 bits per heavy atom. The summed E-state index contributed by atoms with van der Waals surface area (Å²) < 4.78 is 12.7. The first-order chi connectivity index (χ1) is 24.7. The summed E-state index contributed by atoms with van der Waals surface area (Å²) in [6.45, 7) is 8.41. The molecular weight excluding hydrogens is 625 g/mol. The van der Waals surface area contributed by atoms with Crippen molar-refractivity contribution in [2.45, 2.75) is 76.4 Å². The van der Waals surface area contributed by atoms with Gasteiger partial charge in [0.2, 0.25) is 0 Å². The van der Waals surface area contributed by atoms with Crippen LogP contribution in [0.3, 0.4) is 0 Å². The van der Waals surface area contributed by atoms with Crippen LogP contribution in [0.15, 0.2) is 133 Å². The van der Waals surface area contributed by atoms with E-state index in [4.69, 9.17) is 24.3 Å². The van der Waals surface area contributed by atoms with Gasteiger partial charge in [0.25, 0.3) is 0 Å². The Morgan fingerprint density at radius 2 is 0.902 bits per heavy atom. The maximum Gasteiger partial charge on any atom is 0.494 e. The molecule has 5 nitrogen and oxygen atoms in total. The minimum Gasteiger partial charge on any atom is -0.399 e. The van der Waals surface area contributed by atoms with E-state index in [0.717, 1.165) is 46.1 Å². The molecule has 2 aliphatic rings. The first kappa shape index (κ1) is 33.3. The maximum absolute atomic E-state index is 6.36. The SMILES string of the molecule is CC1(C)OB(c2ccc(C3(c4ccc(-c5nc(-c6ccccc6)nc(-c6cccc(-c7ccccc7)c6)n5)cc4)CCCCC3)cc2)OC1(C)C. The average Bonchev–Trinajstić information content (AvgIpc) is 3.41. The summed E-state index contributed by atoms with van der Waals surface area (Å²) in [4.78, 5) is 15.1. The second-order valence-corrected chi connectivity index (χ2v) is 15.0. The largest absolute Gasteiger partial charge is 0.494 e. The molecule has 5 aromatic carbocycles. The van der Waals surface area contributed by atoms with Gasteiger partial charge in [0.05, 0.1) is 11.2 Å². The van der Waals surface area contributed by atoms with E-state index >= 15 is 0 Å². The molecule has 0 N–H and O–H groups in total. The van der Waals surface area contributed by atoms with Gasteiger partial charge in [0.15, 0.2) is 17.5 Å². The standard InChI is InChI=1S/C45H44BN3O2/c1-43(2)44(3,4)51-46(50-43)39-27-25-38(26-28-39)45(29-12-7-13-30-45)37-23-21-34(22-24-37)41-47-40(33-17-10-6-11-18-33)48-42(49-41)36-20-14-19-35(31-36)32-15-8-5-9-16-32/h5-6,8-11,14-28,31H,7,12-13,29-30H2,1-4H3.